The summed E-state index contributed by atoms with van der Waals surface area (Å²) in [5.74, 6) is 0. The van der Waals surface area contributed by atoms with E-state index in [1.165, 1.54) is 11.3 Å². The lowest BCUT2D eigenvalue weighted by atomic mass is 10.1. The van der Waals surface area contributed by atoms with Gasteiger partial charge < -0.3 is 4.90 Å². The number of anilines is 1. The quantitative estimate of drug-likeness (QED) is 0.541. The van der Waals surface area contributed by atoms with Crippen molar-refractivity contribution in [2.24, 2.45) is 0 Å². The van der Waals surface area contributed by atoms with Crippen molar-refractivity contribution in [3.63, 3.8) is 0 Å². The topological polar surface area (TPSA) is 3.24 Å². The lowest BCUT2D eigenvalue weighted by Gasteiger charge is -2.17. The second-order valence-corrected chi connectivity index (χ2v) is 3.08. The van der Waals surface area contributed by atoms with Crippen LogP contribution in [0.4, 0.5) is 5.69 Å². The highest BCUT2D eigenvalue weighted by Gasteiger charge is 2.21. The van der Waals surface area contributed by atoms with E-state index in [-0.39, 0.29) is 0 Å². The minimum Gasteiger partial charge on any atom is -0.371 e. The summed E-state index contributed by atoms with van der Waals surface area (Å²) >= 11 is 0. The molecule has 57 valence electrons. The minimum atomic E-state index is 0.549. The van der Waals surface area contributed by atoms with E-state index in [0.717, 1.165) is 0 Å². The smallest absolute Gasteiger partial charge is 0.0402 e. The van der Waals surface area contributed by atoms with Crippen LogP contribution in [0.15, 0.2) is 24.3 Å². The number of nitrogens with zero attached hydrogens (tertiary/aromatic N) is 1. The fraction of sp³-hybridized carbons (Fsp3) is 0.300. The molecule has 0 aromatic heterocycles. The van der Waals surface area contributed by atoms with Crippen molar-refractivity contribution in [2.75, 3.05) is 11.9 Å². The van der Waals surface area contributed by atoms with Crippen LogP contribution < -0.4 is 4.90 Å². The molecule has 0 fully saturated rings. The Morgan fingerprint density at radius 1 is 1.27 bits per heavy atom. The first-order valence-electron chi connectivity index (χ1n) is 3.96. The molecule has 1 heteroatoms. The largest absolute Gasteiger partial charge is 0.371 e. The Kier molecular flexibility index (Phi) is 1.38. The molecule has 1 aliphatic heterocycles. The first-order valence-corrected chi connectivity index (χ1v) is 3.96. The summed E-state index contributed by atoms with van der Waals surface area (Å²) in [6.45, 7) is 2.21. The Bertz CT molecular complexity index is 267. The maximum atomic E-state index is 2.29. The van der Waals surface area contributed by atoms with Gasteiger partial charge in [-0.2, -0.15) is 0 Å². The van der Waals surface area contributed by atoms with E-state index in [1.807, 2.05) is 0 Å². The third kappa shape index (κ3) is 0.917. The second-order valence-electron chi connectivity index (χ2n) is 3.08. The molecule has 0 bridgehead atoms. The highest BCUT2D eigenvalue weighted by Crippen LogP contribution is 2.31. The first kappa shape index (κ1) is 6.71. The van der Waals surface area contributed by atoms with Crippen LogP contribution in [-0.2, 0) is 0 Å². The summed E-state index contributed by atoms with van der Waals surface area (Å²) in [7, 11) is 2.13. The number of para-hydroxylation sites is 1. The molecule has 1 aromatic rings. The standard InChI is InChI=1S/C10H12N/c1-8-7-9-5-3-4-6-10(9)11(8)2/h3-8H,1-2H3. The van der Waals surface area contributed by atoms with Gasteiger partial charge in [-0.3, -0.25) is 0 Å². The molecular formula is C10H12N. The van der Waals surface area contributed by atoms with Crippen LogP contribution in [0, 0.1) is 6.42 Å². The fourth-order valence-electron chi connectivity index (χ4n) is 1.54. The van der Waals surface area contributed by atoms with E-state index in [2.05, 4.69) is 49.6 Å². The molecule has 1 atom stereocenters. The molecule has 0 amide bonds. The molecule has 1 aromatic carbocycles. The third-order valence-corrected chi connectivity index (χ3v) is 2.35. The summed E-state index contributed by atoms with van der Waals surface area (Å²) in [5, 5.41) is 0. The van der Waals surface area contributed by atoms with E-state index in [4.69, 9.17) is 0 Å². The van der Waals surface area contributed by atoms with E-state index in [9.17, 15) is 0 Å². The average Bonchev–Trinajstić information content (AvgIpc) is 2.30. The molecule has 0 saturated carbocycles. The van der Waals surface area contributed by atoms with Crippen molar-refractivity contribution in [1.82, 2.24) is 0 Å². The number of hydrogen-bond acceptors (Lipinski definition) is 1. The number of rotatable bonds is 0. The van der Waals surface area contributed by atoms with Gasteiger partial charge >= 0.3 is 0 Å². The van der Waals surface area contributed by atoms with Crippen LogP contribution in [0.5, 0.6) is 0 Å². The van der Waals surface area contributed by atoms with E-state index in [0.29, 0.717) is 6.04 Å². The van der Waals surface area contributed by atoms with E-state index in [1.54, 1.807) is 0 Å². The van der Waals surface area contributed by atoms with Crippen LogP contribution in [0.25, 0.3) is 0 Å². The van der Waals surface area contributed by atoms with Gasteiger partial charge in [0.15, 0.2) is 0 Å². The molecule has 1 nitrogen and oxygen atoms in total. The zero-order chi connectivity index (χ0) is 7.84. The lowest BCUT2D eigenvalue weighted by Crippen LogP contribution is -2.22. The van der Waals surface area contributed by atoms with Gasteiger partial charge in [0.05, 0.1) is 0 Å². The highest BCUT2D eigenvalue weighted by molar-refractivity contribution is 5.63. The lowest BCUT2D eigenvalue weighted by molar-refractivity contribution is 0.826. The van der Waals surface area contributed by atoms with Crippen molar-refractivity contribution >= 4 is 5.69 Å². The van der Waals surface area contributed by atoms with Crippen LogP contribution in [-0.4, -0.2) is 13.1 Å². The average molecular weight is 146 g/mol. The molecule has 1 unspecified atom stereocenters. The van der Waals surface area contributed by atoms with Crippen LogP contribution in [0.1, 0.15) is 12.5 Å². The Labute approximate surface area is 67.6 Å². The number of likely N-dealkylation sites (N-methyl/N-ethyl adjacent to an activating group) is 1. The van der Waals surface area contributed by atoms with Crippen molar-refractivity contribution < 1.29 is 0 Å². The third-order valence-electron chi connectivity index (χ3n) is 2.35. The second kappa shape index (κ2) is 2.26. The van der Waals surface area contributed by atoms with Gasteiger partial charge in [-0.1, -0.05) is 18.2 Å². The molecule has 1 aliphatic rings. The van der Waals surface area contributed by atoms with Crippen LogP contribution in [0.2, 0.25) is 0 Å². The summed E-state index contributed by atoms with van der Waals surface area (Å²) in [6, 6.07) is 9.04. The predicted octanol–water partition coefficient (Wildman–Crippen LogP) is 2.08. The summed E-state index contributed by atoms with van der Waals surface area (Å²) in [5.41, 5.74) is 2.71. The minimum absolute atomic E-state index is 0.549. The van der Waals surface area contributed by atoms with Gasteiger partial charge in [0.2, 0.25) is 0 Å². The Balaban J connectivity index is 2.47. The summed E-state index contributed by atoms with van der Waals surface area (Å²) < 4.78 is 0. The molecular weight excluding hydrogens is 134 g/mol. The summed E-state index contributed by atoms with van der Waals surface area (Å²) in [6.07, 6.45) is 2.29. The zero-order valence-electron chi connectivity index (χ0n) is 6.91. The Morgan fingerprint density at radius 3 is 2.73 bits per heavy atom. The van der Waals surface area contributed by atoms with Crippen molar-refractivity contribution in [1.29, 1.82) is 0 Å². The fourth-order valence-corrected chi connectivity index (χ4v) is 1.54. The molecule has 1 radical (unpaired) electrons. The van der Waals surface area contributed by atoms with Gasteiger partial charge in [-0.05, 0) is 18.6 Å². The Morgan fingerprint density at radius 2 is 2.00 bits per heavy atom. The maximum Gasteiger partial charge on any atom is 0.0402 e. The van der Waals surface area contributed by atoms with Crippen molar-refractivity contribution in [2.45, 2.75) is 13.0 Å². The monoisotopic (exact) mass is 146 g/mol. The maximum absolute atomic E-state index is 2.29. The molecule has 2 rings (SSSR count). The predicted molar refractivity (Wildman–Crippen MR) is 47.7 cm³/mol. The van der Waals surface area contributed by atoms with Crippen molar-refractivity contribution in [3.05, 3.63) is 36.2 Å². The van der Waals surface area contributed by atoms with Crippen LogP contribution >= 0.6 is 0 Å². The van der Waals surface area contributed by atoms with Gasteiger partial charge in [0.25, 0.3) is 0 Å². The Hall–Kier alpha value is -0.980. The molecule has 1 heterocycles. The van der Waals surface area contributed by atoms with Crippen molar-refractivity contribution in [3.8, 4) is 0 Å². The van der Waals surface area contributed by atoms with E-state index >= 15 is 0 Å². The van der Waals surface area contributed by atoms with E-state index < -0.39 is 0 Å². The number of hydrogen-bond donors (Lipinski definition) is 0. The molecule has 0 saturated heterocycles. The number of fused-ring (bicyclic) bond motifs is 1. The SMILES string of the molecule is CC1[CH]c2ccccc2N1C. The molecule has 0 aliphatic carbocycles. The zero-order valence-corrected chi connectivity index (χ0v) is 6.91. The number of benzene rings is 1. The van der Waals surface area contributed by atoms with Crippen LogP contribution in [0.3, 0.4) is 0 Å². The van der Waals surface area contributed by atoms with Gasteiger partial charge in [0, 0.05) is 25.2 Å². The van der Waals surface area contributed by atoms with Gasteiger partial charge in [-0.25, -0.2) is 0 Å². The highest BCUT2D eigenvalue weighted by atomic mass is 15.1. The normalized spacial score (nSPS) is 22.0. The van der Waals surface area contributed by atoms with Gasteiger partial charge in [-0.15, -0.1) is 0 Å². The molecule has 11 heavy (non-hydrogen) atoms. The molecule has 0 spiro atoms. The van der Waals surface area contributed by atoms with Gasteiger partial charge in [0.1, 0.15) is 0 Å². The molecule has 0 N–H and O–H groups in total. The summed E-state index contributed by atoms with van der Waals surface area (Å²) in [4.78, 5) is 2.29. The first-order chi connectivity index (χ1) is 5.29.